The third-order valence-corrected chi connectivity index (χ3v) is 9.67. The van der Waals surface area contributed by atoms with Gasteiger partial charge in [0, 0.05) is 0 Å². The highest BCUT2D eigenvalue weighted by Gasteiger charge is 2.12. The molecule has 0 aromatic rings. The van der Waals surface area contributed by atoms with Gasteiger partial charge in [-0.3, -0.25) is 0 Å². The van der Waals surface area contributed by atoms with Crippen LogP contribution in [0.5, 0.6) is 0 Å². The Morgan fingerprint density at radius 2 is 0.516 bits per heavy atom. The second kappa shape index (κ2) is 20.5. The quantitative estimate of drug-likeness (QED) is 0.136. The Balaban J connectivity index is 3.63. The molecule has 6 heteroatoms. The van der Waals surface area contributed by atoms with Crippen molar-refractivity contribution in [3.63, 3.8) is 0 Å². The molecule has 31 heavy (non-hydrogen) atoms. The summed E-state index contributed by atoms with van der Waals surface area (Å²) in [5.74, 6) is 1.00. The van der Waals surface area contributed by atoms with Gasteiger partial charge in [0.25, 0.3) is 0 Å². The Kier molecular flexibility index (Phi) is 20.4. The maximum Gasteiger partial charge on any atom is 0.150 e. The zero-order valence-corrected chi connectivity index (χ0v) is 22.3. The van der Waals surface area contributed by atoms with E-state index in [4.69, 9.17) is 0 Å². The topological polar surface area (TPSA) is 68.3 Å². The van der Waals surface area contributed by atoms with Crippen molar-refractivity contribution >= 4 is 19.7 Å². The van der Waals surface area contributed by atoms with Crippen LogP contribution in [0.15, 0.2) is 0 Å². The van der Waals surface area contributed by atoms with Crippen LogP contribution >= 0.6 is 0 Å². The van der Waals surface area contributed by atoms with Crippen LogP contribution in [0.2, 0.25) is 0 Å². The molecule has 0 heterocycles. The van der Waals surface area contributed by atoms with E-state index in [2.05, 4.69) is 13.8 Å². The van der Waals surface area contributed by atoms with Crippen molar-refractivity contribution in [1.29, 1.82) is 0 Å². The summed E-state index contributed by atoms with van der Waals surface area (Å²) in [6, 6.07) is 0. The number of unbranched alkanes of at least 4 members (excludes halogenated alkanes) is 16. The lowest BCUT2D eigenvalue weighted by atomic mass is 10.1. The fourth-order valence-corrected chi connectivity index (χ4v) is 6.92. The molecule has 4 nitrogen and oxygen atoms in total. The average molecular weight is 481 g/mol. The smallest absolute Gasteiger partial charge is 0.150 e. The van der Waals surface area contributed by atoms with Crippen LogP contribution < -0.4 is 0 Å². The fraction of sp³-hybridized carbons (Fsp3) is 1.00. The average Bonchev–Trinajstić information content (AvgIpc) is 2.71. The van der Waals surface area contributed by atoms with Gasteiger partial charge in [-0.05, 0) is 25.7 Å². The standard InChI is InChI=1S/C25H52O4S2/c1-3-5-7-9-11-13-15-18-22-30(26,27)24-20-17-21-25-31(28,29)23-19-16-14-12-10-8-6-4-2/h3-25H2,1-2H3. The Hall–Kier alpha value is -0.100. The molecule has 0 aromatic carbocycles. The summed E-state index contributed by atoms with van der Waals surface area (Å²) in [4.78, 5) is 0. The van der Waals surface area contributed by atoms with Gasteiger partial charge < -0.3 is 0 Å². The first-order valence-electron chi connectivity index (χ1n) is 13.2. The highest BCUT2D eigenvalue weighted by Crippen LogP contribution is 2.12. The first-order valence-corrected chi connectivity index (χ1v) is 16.9. The van der Waals surface area contributed by atoms with Crippen LogP contribution in [0.1, 0.15) is 136 Å². The minimum atomic E-state index is -2.98. The van der Waals surface area contributed by atoms with E-state index in [-0.39, 0.29) is 11.5 Å². The molecule has 0 aliphatic rings. The van der Waals surface area contributed by atoms with E-state index in [0.29, 0.717) is 30.8 Å². The van der Waals surface area contributed by atoms with Gasteiger partial charge in [0.15, 0.2) is 0 Å². The highest BCUT2D eigenvalue weighted by atomic mass is 32.2. The lowest BCUT2D eigenvalue weighted by molar-refractivity contribution is 0.568. The summed E-state index contributed by atoms with van der Waals surface area (Å²) >= 11 is 0. The lowest BCUT2D eigenvalue weighted by Gasteiger charge is -2.06. The van der Waals surface area contributed by atoms with Crippen molar-refractivity contribution in [2.24, 2.45) is 0 Å². The monoisotopic (exact) mass is 480 g/mol. The van der Waals surface area contributed by atoms with E-state index in [9.17, 15) is 16.8 Å². The zero-order chi connectivity index (χ0) is 23.3. The molecule has 0 aliphatic heterocycles. The molecule has 0 fully saturated rings. The molecule has 0 amide bonds. The summed E-state index contributed by atoms with van der Waals surface area (Å²) in [6.45, 7) is 4.42. The van der Waals surface area contributed by atoms with Gasteiger partial charge in [0.05, 0.1) is 23.0 Å². The van der Waals surface area contributed by atoms with Crippen LogP contribution in [0.4, 0.5) is 0 Å². The van der Waals surface area contributed by atoms with Crippen molar-refractivity contribution in [3.05, 3.63) is 0 Å². The lowest BCUT2D eigenvalue weighted by Crippen LogP contribution is -2.13. The van der Waals surface area contributed by atoms with Crippen LogP contribution in [0, 0.1) is 0 Å². The Labute approximate surface area is 195 Å². The molecule has 0 radical (unpaired) electrons. The molecule has 0 unspecified atom stereocenters. The second-order valence-corrected chi connectivity index (χ2v) is 13.9. The van der Waals surface area contributed by atoms with E-state index in [1.54, 1.807) is 0 Å². The Bertz CT molecular complexity index is 531. The number of sulfone groups is 2. The number of hydrogen-bond acceptors (Lipinski definition) is 4. The largest absolute Gasteiger partial charge is 0.229 e. The summed E-state index contributed by atoms with van der Waals surface area (Å²) in [6.07, 6.45) is 20.3. The third kappa shape index (κ3) is 22.9. The van der Waals surface area contributed by atoms with Crippen molar-refractivity contribution in [2.45, 2.75) is 136 Å². The van der Waals surface area contributed by atoms with Gasteiger partial charge in [-0.1, -0.05) is 110 Å². The maximum absolute atomic E-state index is 12.1. The van der Waals surface area contributed by atoms with Gasteiger partial charge in [0.1, 0.15) is 19.7 Å². The SMILES string of the molecule is CCCCCCCCCCS(=O)(=O)CCCCCS(=O)(=O)CCCCCCCCCC. The number of rotatable bonds is 24. The first kappa shape index (κ1) is 30.9. The molecular weight excluding hydrogens is 428 g/mol. The van der Waals surface area contributed by atoms with Crippen LogP contribution in [0.3, 0.4) is 0 Å². The van der Waals surface area contributed by atoms with Crippen molar-refractivity contribution in [2.75, 3.05) is 23.0 Å². The van der Waals surface area contributed by atoms with E-state index in [1.807, 2.05) is 0 Å². The molecular formula is C25H52O4S2. The molecule has 0 aromatic heterocycles. The predicted molar refractivity (Wildman–Crippen MR) is 136 cm³/mol. The van der Waals surface area contributed by atoms with Crippen LogP contribution in [-0.4, -0.2) is 39.8 Å². The first-order chi connectivity index (χ1) is 14.8. The van der Waals surface area contributed by atoms with Gasteiger partial charge in [-0.2, -0.15) is 0 Å². The molecule has 0 saturated carbocycles. The molecule has 0 atom stereocenters. The van der Waals surface area contributed by atoms with Crippen molar-refractivity contribution in [3.8, 4) is 0 Å². The van der Waals surface area contributed by atoms with Gasteiger partial charge in [-0.15, -0.1) is 0 Å². The Morgan fingerprint density at radius 1 is 0.323 bits per heavy atom. The molecule has 0 N–H and O–H groups in total. The molecule has 0 saturated heterocycles. The van der Waals surface area contributed by atoms with Gasteiger partial charge in [0.2, 0.25) is 0 Å². The Morgan fingerprint density at radius 3 is 0.774 bits per heavy atom. The number of hydrogen-bond donors (Lipinski definition) is 0. The summed E-state index contributed by atoms with van der Waals surface area (Å²) < 4.78 is 48.5. The van der Waals surface area contributed by atoms with Crippen LogP contribution in [0.25, 0.3) is 0 Å². The van der Waals surface area contributed by atoms with E-state index in [0.717, 1.165) is 38.5 Å². The summed E-state index contributed by atoms with van der Waals surface area (Å²) in [5.41, 5.74) is 0. The molecule has 0 bridgehead atoms. The van der Waals surface area contributed by atoms with E-state index < -0.39 is 19.7 Å². The van der Waals surface area contributed by atoms with Crippen molar-refractivity contribution in [1.82, 2.24) is 0 Å². The summed E-state index contributed by atoms with van der Waals surface area (Å²) in [7, 11) is -5.95. The van der Waals surface area contributed by atoms with Gasteiger partial charge in [-0.25, -0.2) is 16.8 Å². The van der Waals surface area contributed by atoms with E-state index >= 15 is 0 Å². The predicted octanol–water partition coefficient (Wildman–Crippen LogP) is 7.27. The fourth-order valence-electron chi connectivity index (χ4n) is 3.94. The third-order valence-electron chi connectivity index (χ3n) is 6.03. The highest BCUT2D eigenvalue weighted by molar-refractivity contribution is 7.91. The second-order valence-electron chi connectivity index (χ2n) is 9.31. The van der Waals surface area contributed by atoms with E-state index in [1.165, 1.54) is 64.2 Å². The molecule has 0 rings (SSSR count). The minimum absolute atomic E-state index is 0.210. The minimum Gasteiger partial charge on any atom is -0.229 e. The molecule has 0 spiro atoms. The van der Waals surface area contributed by atoms with Gasteiger partial charge >= 0.3 is 0 Å². The molecule has 0 aliphatic carbocycles. The van der Waals surface area contributed by atoms with Crippen LogP contribution in [-0.2, 0) is 19.7 Å². The normalized spacial score (nSPS) is 12.5. The maximum atomic E-state index is 12.1. The van der Waals surface area contributed by atoms with Crippen molar-refractivity contribution < 1.29 is 16.8 Å². The summed E-state index contributed by atoms with van der Waals surface area (Å²) in [5, 5.41) is 0. The molecule has 188 valence electrons. The zero-order valence-electron chi connectivity index (χ0n) is 20.7.